The number of hydrogen-bond acceptors (Lipinski definition) is 2. The van der Waals surface area contributed by atoms with Gasteiger partial charge in [0.25, 0.3) is 0 Å². The number of hydrogen-bond donors (Lipinski definition) is 0. The standard InChI is InChI=1S/C15H19FO2/c1-18-15(17)10-14(11-5-2-3-6-11)12-7-4-8-13(16)9-12/h4,7-9,11,14H,2-3,5-6,10H2,1H3. The highest BCUT2D eigenvalue weighted by Gasteiger charge is 2.28. The van der Waals surface area contributed by atoms with Crippen molar-refractivity contribution in [2.45, 2.75) is 38.0 Å². The van der Waals surface area contributed by atoms with E-state index in [1.807, 2.05) is 6.07 Å². The first-order valence-corrected chi connectivity index (χ1v) is 6.53. The SMILES string of the molecule is COC(=O)CC(c1cccc(F)c1)C1CCCC1. The van der Waals surface area contributed by atoms with Crippen LogP contribution in [0.1, 0.15) is 43.6 Å². The lowest BCUT2D eigenvalue weighted by atomic mass is 9.82. The van der Waals surface area contributed by atoms with Crippen molar-refractivity contribution < 1.29 is 13.9 Å². The normalized spacial score (nSPS) is 17.7. The van der Waals surface area contributed by atoms with Gasteiger partial charge in [-0.1, -0.05) is 25.0 Å². The van der Waals surface area contributed by atoms with Crippen LogP contribution in [-0.2, 0) is 9.53 Å². The molecular formula is C15H19FO2. The van der Waals surface area contributed by atoms with E-state index in [0.717, 1.165) is 18.4 Å². The zero-order chi connectivity index (χ0) is 13.0. The molecule has 1 aliphatic rings. The molecule has 2 nitrogen and oxygen atoms in total. The predicted octanol–water partition coefficient (Wildman–Crippen LogP) is 3.66. The largest absolute Gasteiger partial charge is 0.469 e. The third kappa shape index (κ3) is 3.09. The Bertz CT molecular complexity index is 411. The van der Waals surface area contributed by atoms with Gasteiger partial charge in [-0.05, 0) is 42.4 Å². The monoisotopic (exact) mass is 250 g/mol. The van der Waals surface area contributed by atoms with Gasteiger partial charge in [-0.3, -0.25) is 4.79 Å². The molecule has 0 spiro atoms. The highest BCUT2D eigenvalue weighted by atomic mass is 19.1. The summed E-state index contributed by atoms with van der Waals surface area (Å²) >= 11 is 0. The molecule has 1 aromatic carbocycles. The second-order valence-corrected chi connectivity index (χ2v) is 4.99. The van der Waals surface area contributed by atoms with Crippen LogP contribution in [0.5, 0.6) is 0 Å². The smallest absolute Gasteiger partial charge is 0.306 e. The average Bonchev–Trinajstić information content (AvgIpc) is 2.89. The molecule has 2 rings (SSSR count). The molecule has 0 aliphatic heterocycles. The van der Waals surface area contributed by atoms with Gasteiger partial charge >= 0.3 is 5.97 Å². The number of rotatable bonds is 4. The summed E-state index contributed by atoms with van der Waals surface area (Å²) in [7, 11) is 1.40. The number of benzene rings is 1. The Morgan fingerprint density at radius 2 is 2.17 bits per heavy atom. The minimum absolute atomic E-state index is 0.0932. The van der Waals surface area contributed by atoms with Crippen molar-refractivity contribution in [3.8, 4) is 0 Å². The summed E-state index contributed by atoms with van der Waals surface area (Å²) in [5.74, 6) is 0.123. The quantitative estimate of drug-likeness (QED) is 0.762. The lowest BCUT2D eigenvalue weighted by Crippen LogP contribution is -2.16. The molecule has 1 unspecified atom stereocenters. The predicted molar refractivity (Wildman–Crippen MR) is 67.7 cm³/mol. The summed E-state index contributed by atoms with van der Waals surface area (Å²) in [6.45, 7) is 0. The molecule has 0 N–H and O–H groups in total. The Labute approximate surface area is 107 Å². The molecular weight excluding hydrogens is 231 g/mol. The number of carbonyl (C=O) groups excluding carboxylic acids is 1. The first-order valence-electron chi connectivity index (χ1n) is 6.53. The number of esters is 1. The summed E-state index contributed by atoms with van der Waals surface area (Å²) in [5.41, 5.74) is 0.923. The van der Waals surface area contributed by atoms with E-state index >= 15 is 0 Å². The topological polar surface area (TPSA) is 26.3 Å². The molecule has 0 heterocycles. The fourth-order valence-corrected chi connectivity index (χ4v) is 2.92. The highest BCUT2D eigenvalue weighted by Crippen LogP contribution is 2.39. The van der Waals surface area contributed by atoms with Crippen molar-refractivity contribution in [1.82, 2.24) is 0 Å². The minimum atomic E-state index is -0.236. The van der Waals surface area contributed by atoms with E-state index in [1.165, 1.54) is 26.0 Å². The van der Waals surface area contributed by atoms with E-state index in [2.05, 4.69) is 0 Å². The molecule has 0 amide bonds. The Kier molecular flexibility index (Phi) is 4.34. The van der Waals surface area contributed by atoms with E-state index in [4.69, 9.17) is 4.74 Å². The van der Waals surface area contributed by atoms with Crippen molar-refractivity contribution in [2.75, 3.05) is 7.11 Å². The molecule has 1 atom stereocenters. The lowest BCUT2D eigenvalue weighted by Gasteiger charge is -2.22. The van der Waals surface area contributed by atoms with Crippen molar-refractivity contribution >= 4 is 5.97 Å². The van der Waals surface area contributed by atoms with Crippen molar-refractivity contribution in [1.29, 1.82) is 0 Å². The molecule has 0 bridgehead atoms. The van der Waals surface area contributed by atoms with Gasteiger partial charge in [0.05, 0.1) is 13.5 Å². The summed E-state index contributed by atoms with van der Waals surface area (Å²) in [6.07, 6.45) is 5.01. The third-order valence-electron chi connectivity index (χ3n) is 3.86. The second-order valence-electron chi connectivity index (χ2n) is 4.99. The van der Waals surface area contributed by atoms with Gasteiger partial charge in [0, 0.05) is 0 Å². The van der Waals surface area contributed by atoms with E-state index in [9.17, 15) is 9.18 Å². The molecule has 0 radical (unpaired) electrons. The fourth-order valence-electron chi connectivity index (χ4n) is 2.92. The van der Waals surface area contributed by atoms with Gasteiger partial charge in [-0.25, -0.2) is 4.39 Å². The Balaban J connectivity index is 2.20. The van der Waals surface area contributed by atoms with Gasteiger partial charge < -0.3 is 4.74 Å². The molecule has 1 fully saturated rings. The van der Waals surface area contributed by atoms with Gasteiger partial charge in [0.2, 0.25) is 0 Å². The Morgan fingerprint density at radius 1 is 1.44 bits per heavy atom. The van der Waals surface area contributed by atoms with Crippen LogP contribution < -0.4 is 0 Å². The van der Waals surface area contributed by atoms with E-state index in [0.29, 0.717) is 12.3 Å². The third-order valence-corrected chi connectivity index (χ3v) is 3.86. The zero-order valence-electron chi connectivity index (χ0n) is 10.7. The average molecular weight is 250 g/mol. The zero-order valence-corrected chi connectivity index (χ0v) is 10.7. The first kappa shape index (κ1) is 13.1. The molecule has 98 valence electrons. The number of ether oxygens (including phenoxy) is 1. The van der Waals surface area contributed by atoms with Crippen LogP contribution in [0.3, 0.4) is 0 Å². The maximum Gasteiger partial charge on any atom is 0.306 e. The summed E-state index contributed by atoms with van der Waals surface area (Å²) in [5, 5.41) is 0. The van der Waals surface area contributed by atoms with Crippen molar-refractivity contribution in [3.05, 3.63) is 35.6 Å². The van der Waals surface area contributed by atoms with Crippen LogP contribution in [0, 0.1) is 11.7 Å². The minimum Gasteiger partial charge on any atom is -0.469 e. The Morgan fingerprint density at radius 3 is 2.78 bits per heavy atom. The van der Waals surface area contributed by atoms with Gasteiger partial charge in [-0.2, -0.15) is 0 Å². The van der Waals surface area contributed by atoms with E-state index < -0.39 is 0 Å². The first-order chi connectivity index (χ1) is 8.70. The van der Waals surface area contributed by atoms with Gasteiger partial charge in [0.1, 0.15) is 5.82 Å². The van der Waals surface area contributed by atoms with Crippen molar-refractivity contribution in [3.63, 3.8) is 0 Å². The molecule has 0 aromatic heterocycles. The summed E-state index contributed by atoms with van der Waals surface area (Å²) < 4.78 is 18.1. The van der Waals surface area contributed by atoms with Crippen LogP contribution in [0.2, 0.25) is 0 Å². The second kappa shape index (κ2) is 5.98. The van der Waals surface area contributed by atoms with Gasteiger partial charge in [-0.15, -0.1) is 0 Å². The van der Waals surface area contributed by atoms with Crippen LogP contribution >= 0.6 is 0 Å². The lowest BCUT2D eigenvalue weighted by molar-refractivity contribution is -0.141. The molecule has 3 heteroatoms. The van der Waals surface area contributed by atoms with Gasteiger partial charge in [0.15, 0.2) is 0 Å². The molecule has 18 heavy (non-hydrogen) atoms. The fraction of sp³-hybridized carbons (Fsp3) is 0.533. The van der Waals surface area contributed by atoms with Crippen LogP contribution in [-0.4, -0.2) is 13.1 Å². The van der Waals surface area contributed by atoms with Crippen LogP contribution in [0.15, 0.2) is 24.3 Å². The number of methoxy groups -OCH3 is 1. The molecule has 1 saturated carbocycles. The maximum absolute atomic E-state index is 13.3. The summed E-state index contributed by atoms with van der Waals surface area (Å²) in [6, 6.07) is 6.61. The van der Waals surface area contributed by atoms with E-state index in [-0.39, 0.29) is 17.7 Å². The van der Waals surface area contributed by atoms with Crippen molar-refractivity contribution in [2.24, 2.45) is 5.92 Å². The highest BCUT2D eigenvalue weighted by molar-refractivity contribution is 5.70. The Hall–Kier alpha value is -1.38. The molecule has 1 aliphatic carbocycles. The van der Waals surface area contributed by atoms with Crippen LogP contribution in [0.25, 0.3) is 0 Å². The maximum atomic E-state index is 13.3. The molecule has 0 saturated heterocycles. The molecule has 1 aromatic rings. The number of halogens is 1. The summed E-state index contributed by atoms with van der Waals surface area (Å²) in [4.78, 5) is 11.5. The number of carbonyl (C=O) groups is 1. The van der Waals surface area contributed by atoms with E-state index in [1.54, 1.807) is 12.1 Å². The van der Waals surface area contributed by atoms with Crippen LogP contribution in [0.4, 0.5) is 4.39 Å².